The van der Waals surface area contributed by atoms with Gasteiger partial charge in [-0.25, -0.2) is 9.59 Å². The zero-order valence-electron chi connectivity index (χ0n) is 19.4. The van der Waals surface area contributed by atoms with Crippen molar-refractivity contribution in [1.82, 2.24) is 10.3 Å². The molecule has 3 aromatic rings. The second kappa shape index (κ2) is 10.1. The molecule has 1 N–H and O–H groups in total. The van der Waals surface area contributed by atoms with Crippen LogP contribution in [0.2, 0.25) is 0 Å². The van der Waals surface area contributed by atoms with Crippen LogP contribution in [-0.2, 0) is 20.7 Å². The Hall–Kier alpha value is -2.94. The van der Waals surface area contributed by atoms with Gasteiger partial charge in [0.05, 0.1) is 0 Å². The van der Waals surface area contributed by atoms with Gasteiger partial charge < -0.3 is 14.8 Å². The van der Waals surface area contributed by atoms with Gasteiger partial charge in [-0.2, -0.15) is 0 Å². The minimum Gasteiger partial charge on any atom is -0.458 e. The van der Waals surface area contributed by atoms with Crippen molar-refractivity contribution in [3.05, 3.63) is 87.3 Å². The zero-order chi connectivity index (χ0) is 24.3. The normalized spacial score (nSPS) is 13.5. The number of pyridine rings is 1. The van der Waals surface area contributed by atoms with Crippen LogP contribution >= 0.6 is 22.6 Å². The number of fused-ring (bicyclic) bond motifs is 3. The molecule has 2 aromatic carbocycles. The molecular weight excluding hydrogens is 543 g/mol. The fraction of sp³-hybridized carbons (Fsp3) is 0.296. The van der Waals surface area contributed by atoms with Gasteiger partial charge in [0.25, 0.3) is 0 Å². The van der Waals surface area contributed by atoms with Crippen LogP contribution in [-0.4, -0.2) is 35.3 Å². The summed E-state index contributed by atoms with van der Waals surface area (Å²) in [6.07, 6.45) is 3.00. The summed E-state index contributed by atoms with van der Waals surface area (Å²) in [4.78, 5) is 29.8. The van der Waals surface area contributed by atoms with Crippen molar-refractivity contribution in [2.45, 2.75) is 44.8 Å². The van der Waals surface area contributed by atoms with E-state index in [4.69, 9.17) is 9.47 Å². The Balaban J connectivity index is 1.47. The van der Waals surface area contributed by atoms with Crippen molar-refractivity contribution in [2.75, 3.05) is 6.61 Å². The molecule has 1 unspecified atom stereocenters. The number of hydrogen-bond donors (Lipinski definition) is 1. The number of esters is 1. The summed E-state index contributed by atoms with van der Waals surface area (Å²) in [5.41, 5.74) is 4.72. The van der Waals surface area contributed by atoms with E-state index in [2.05, 4.69) is 57.2 Å². The predicted octanol–water partition coefficient (Wildman–Crippen LogP) is 5.48. The standard InChI is InChI=1S/C27H27IN2O4/c1-27(2,3)34-25(31)24(13-17-12-18(28)15-29-14-17)30-26(32)33-16-23-21-10-6-4-8-19(21)20-9-5-7-11-22(20)23/h4-12,14-15,23-24H,13,16H2,1-3H3,(H,30,32). The number of halogens is 1. The second-order valence-corrected chi connectivity index (χ2v) is 10.5. The Labute approximate surface area is 213 Å². The lowest BCUT2D eigenvalue weighted by molar-refractivity contribution is -0.157. The van der Waals surface area contributed by atoms with Crippen LogP contribution in [0.15, 0.2) is 67.0 Å². The number of nitrogens with one attached hydrogen (secondary N) is 1. The molecule has 4 rings (SSSR count). The molecule has 0 saturated carbocycles. The van der Waals surface area contributed by atoms with Crippen LogP contribution in [0.3, 0.4) is 0 Å². The summed E-state index contributed by atoms with van der Waals surface area (Å²) in [5.74, 6) is -0.571. The number of hydrogen-bond acceptors (Lipinski definition) is 5. The van der Waals surface area contributed by atoms with Crippen LogP contribution in [0.25, 0.3) is 11.1 Å². The molecule has 176 valence electrons. The number of carbonyl (C=O) groups is 2. The highest BCUT2D eigenvalue weighted by Gasteiger charge is 2.31. The van der Waals surface area contributed by atoms with E-state index in [9.17, 15) is 9.59 Å². The van der Waals surface area contributed by atoms with E-state index in [1.807, 2.05) is 30.3 Å². The smallest absolute Gasteiger partial charge is 0.407 e. The largest absolute Gasteiger partial charge is 0.458 e. The lowest BCUT2D eigenvalue weighted by atomic mass is 9.98. The number of alkyl carbamates (subject to hydrolysis) is 1. The van der Waals surface area contributed by atoms with Crippen molar-refractivity contribution in [2.24, 2.45) is 0 Å². The molecule has 0 aliphatic heterocycles. The number of aromatic nitrogens is 1. The van der Waals surface area contributed by atoms with E-state index in [-0.39, 0.29) is 18.9 Å². The van der Waals surface area contributed by atoms with Crippen LogP contribution in [0, 0.1) is 3.57 Å². The molecule has 1 aliphatic carbocycles. The van der Waals surface area contributed by atoms with Crippen molar-refractivity contribution >= 4 is 34.7 Å². The molecule has 0 bridgehead atoms. The van der Waals surface area contributed by atoms with Gasteiger partial charge in [0.1, 0.15) is 18.2 Å². The van der Waals surface area contributed by atoms with Crippen LogP contribution < -0.4 is 5.32 Å². The van der Waals surface area contributed by atoms with E-state index in [1.54, 1.807) is 33.2 Å². The second-order valence-electron chi connectivity index (χ2n) is 9.27. The maximum Gasteiger partial charge on any atom is 0.407 e. The number of carbonyl (C=O) groups excluding carboxylic acids is 2. The van der Waals surface area contributed by atoms with Gasteiger partial charge in [-0.3, -0.25) is 4.98 Å². The quantitative estimate of drug-likeness (QED) is 0.314. The van der Waals surface area contributed by atoms with E-state index < -0.39 is 23.7 Å². The van der Waals surface area contributed by atoms with Crippen molar-refractivity contribution < 1.29 is 19.1 Å². The number of nitrogens with zero attached hydrogens (tertiary/aromatic N) is 1. The zero-order valence-corrected chi connectivity index (χ0v) is 21.5. The Kier molecular flexibility index (Phi) is 7.21. The minimum atomic E-state index is -0.894. The summed E-state index contributed by atoms with van der Waals surface area (Å²) < 4.78 is 12.1. The third-order valence-corrected chi connectivity index (χ3v) is 6.12. The Morgan fingerprint density at radius 2 is 1.65 bits per heavy atom. The van der Waals surface area contributed by atoms with Gasteiger partial charge in [-0.1, -0.05) is 48.5 Å². The van der Waals surface area contributed by atoms with Gasteiger partial charge in [0.2, 0.25) is 0 Å². The van der Waals surface area contributed by atoms with Gasteiger partial charge in [-0.05, 0) is 77.2 Å². The highest BCUT2D eigenvalue weighted by molar-refractivity contribution is 14.1. The molecule has 1 aliphatic rings. The predicted molar refractivity (Wildman–Crippen MR) is 138 cm³/mol. The molecule has 7 heteroatoms. The minimum absolute atomic E-state index is 0.0574. The Morgan fingerprint density at radius 3 is 2.24 bits per heavy atom. The number of ether oxygens (including phenoxy) is 2. The van der Waals surface area contributed by atoms with Crippen molar-refractivity contribution in [3.63, 3.8) is 0 Å². The third-order valence-electron chi connectivity index (χ3n) is 5.53. The van der Waals surface area contributed by atoms with E-state index >= 15 is 0 Å². The molecule has 1 heterocycles. The molecule has 6 nitrogen and oxygen atoms in total. The summed E-state index contributed by atoms with van der Waals surface area (Å²) in [5, 5.41) is 2.71. The van der Waals surface area contributed by atoms with Gasteiger partial charge in [-0.15, -0.1) is 0 Å². The average Bonchev–Trinajstić information content (AvgIpc) is 3.10. The monoisotopic (exact) mass is 570 g/mol. The summed E-state index contributed by atoms with van der Waals surface area (Å²) in [7, 11) is 0. The first kappa shape index (κ1) is 24.2. The molecule has 0 spiro atoms. The Bertz CT molecular complexity index is 1160. The van der Waals surface area contributed by atoms with Gasteiger partial charge >= 0.3 is 12.1 Å². The van der Waals surface area contributed by atoms with Crippen molar-refractivity contribution in [1.29, 1.82) is 0 Å². The Morgan fingerprint density at radius 1 is 1.03 bits per heavy atom. The van der Waals surface area contributed by atoms with Crippen LogP contribution in [0.1, 0.15) is 43.4 Å². The molecule has 1 aromatic heterocycles. The SMILES string of the molecule is CC(C)(C)OC(=O)C(Cc1cncc(I)c1)NC(=O)OCC1c2ccccc2-c2ccccc21. The highest BCUT2D eigenvalue weighted by Crippen LogP contribution is 2.44. The topological polar surface area (TPSA) is 77.5 Å². The molecule has 34 heavy (non-hydrogen) atoms. The van der Waals surface area contributed by atoms with Gasteiger partial charge in [0.15, 0.2) is 0 Å². The molecule has 0 radical (unpaired) electrons. The first-order valence-corrected chi connectivity index (χ1v) is 12.2. The lowest BCUT2D eigenvalue weighted by Crippen LogP contribution is -2.46. The van der Waals surface area contributed by atoms with E-state index in [1.165, 1.54) is 0 Å². The van der Waals surface area contributed by atoms with E-state index in [0.717, 1.165) is 31.4 Å². The maximum absolute atomic E-state index is 12.9. The fourth-order valence-electron chi connectivity index (χ4n) is 4.15. The molecule has 1 atom stereocenters. The maximum atomic E-state index is 12.9. The number of amides is 1. The van der Waals surface area contributed by atoms with Crippen LogP contribution in [0.5, 0.6) is 0 Å². The molecule has 1 amide bonds. The summed E-state index contributed by atoms with van der Waals surface area (Å²) in [6.45, 7) is 5.55. The fourth-order valence-corrected chi connectivity index (χ4v) is 4.71. The van der Waals surface area contributed by atoms with E-state index in [0.29, 0.717) is 0 Å². The lowest BCUT2D eigenvalue weighted by Gasteiger charge is -2.24. The molecule has 0 fully saturated rings. The summed E-state index contributed by atoms with van der Waals surface area (Å²) in [6, 6.07) is 17.3. The van der Waals surface area contributed by atoms with Crippen LogP contribution in [0.4, 0.5) is 4.79 Å². The number of benzene rings is 2. The first-order valence-electron chi connectivity index (χ1n) is 11.1. The van der Waals surface area contributed by atoms with Gasteiger partial charge in [0, 0.05) is 28.3 Å². The third kappa shape index (κ3) is 5.75. The molecule has 0 saturated heterocycles. The molecular formula is C27H27IN2O4. The first-order chi connectivity index (χ1) is 16.2. The van der Waals surface area contributed by atoms with Crippen molar-refractivity contribution in [3.8, 4) is 11.1 Å². The number of rotatable bonds is 6. The average molecular weight is 570 g/mol. The summed E-state index contributed by atoms with van der Waals surface area (Å²) >= 11 is 2.16. The highest BCUT2D eigenvalue weighted by atomic mass is 127.